The summed E-state index contributed by atoms with van der Waals surface area (Å²) in [5.41, 5.74) is 11.6. The summed E-state index contributed by atoms with van der Waals surface area (Å²) in [5, 5.41) is 1.08. The van der Waals surface area contributed by atoms with E-state index in [1.807, 2.05) is 0 Å². The minimum atomic E-state index is 0.0117. The van der Waals surface area contributed by atoms with Crippen LogP contribution >= 0.6 is 35.3 Å². The topological polar surface area (TPSA) is 0 Å². The average molecular weight is 567 g/mol. The van der Waals surface area contributed by atoms with Gasteiger partial charge in [-0.1, -0.05) is 101 Å². The van der Waals surface area contributed by atoms with Gasteiger partial charge < -0.3 is 0 Å². The number of hydrogen-bond donors (Lipinski definition) is 0. The minimum Gasteiger partial charge on any atom is -0.129 e. The molecule has 2 aliphatic heterocycles. The average Bonchev–Trinajstić information content (AvgIpc) is 3.51. The second kappa shape index (κ2) is 10.4. The van der Waals surface area contributed by atoms with Gasteiger partial charge in [-0.3, -0.25) is 0 Å². The molecule has 0 saturated heterocycles. The molecule has 3 aromatic rings. The van der Waals surface area contributed by atoms with Gasteiger partial charge in [0.15, 0.2) is 0 Å². The summed E-state index contributed by atoms with van der Waals surface area (Å²) in [4.78, 5) is 4.30. The van der Waals surface area contributed by atoms with Crippen LogP contribution in [0.15, 0.2) is 105 Å². The molecule has 0 radical (unpaired) electrons. The molecule has 3 heteroatoms. The highest BCUT2D eigenvalue weighted by atomic mass is 32.2. The van der Waals surface area contributed by atoms with Crippen LogP contribution in [0.1, 0.15) is 85.3 Å². The molecule has 6 rings (SSSR count). The number of rotatable bonds is 5. The standard InChI is InChI=1S/C36H38S3/c1-8-36(6)28-19-18-27-33(39-34-26-16-12-13-17-29(26)38-35(27)34)31(28)22(3)23(4)32(36)21(2)20-30(37-7)24(5)25-14-10-9-11-15-25/h9-20,22-23,34-35H,5,8H2,1-4,6-7H3/b30-20+,32-21+. The van der Waals surface area contributed by atoms with Crippen LogP contribution in [-0.2, 0) is 5.41 Å². The molecule has 3 aliphatic rings. The Hall–Kier alpha value is -2.07. The van der Waals surface area contributed by atoms with Gasteiger partial charge in [-0.2, -0.15) is 0 Å². The summed E-state index contributed by atoms with van der Waals surface area (Å²) in [7, 11) is 0. The lowest BCUT2D eigenvalue weighted by atomic mass is 9.58. The number of benzene rings is 3. The molecular formula is C36H38S3. The van der Waals surface area contributed by atoms with Crippen molar-refractivity contribution in [2.45, 2.75) is 72.7 Å². The van der Waals surface area contributed by atoms with Crippen molar-refractivity contribution in [2.24, 2.45) is 5.92 Å². The van der Waals surface area contributed by atoms with Gasteiger partial charge in [0.1, 0.15) is 0 Å². The van der Waals surface area contributed by atoms with E-state index in [-0.39, 0.29) is 5.41 Å². The minimum absolute atomic E-state index is 0.0117. The van der Waals surface area contributed by atoms with Gasteiger partial charge in [-0.15, -0.1) is 35.3 Å². The zero-order valence-corrected chi connectivity index (χ0v) is 26.3. The molecule has 5 unspecified atom stereocenters. The highest BCUT2D eigenvalue weighted by molar-refractivity contribution is 8.05. The second-order valence-electron chi connectivity index (χ2n) is 11.5. The Morgan fingerprint density at radius 2 is 1.62 bits per heavy atom. The lowest BCUT2D eigenvalue weighted by Gasteiger charge is -2.46. The fraction of sp³-hybridized carbons (Fsp3) is 0.333. The summed E-state index contributed by atoms with van der Waals surface area (Å²) in [6, 6.07) is 24.6. The lowest BCUT2D eigenvalue weighted by molar-refractivity contribution is 0.385. The van der Waals surface area contributed by atoms with Crippen molar-refractivity contribution in [3.05, 3.63) is 123 Å². The molecule has 5 atom stereocenters. The highest BCUT2D eigenvalue weighted by Gasteiger charge is 2.48. The molecule has 200 valence electrons. The maximum Gasteiger partial charge on any atom is 0.0519 e. The second-order valence-corrected chi connectivity index (χ2v) is 14.7. The van der Waals surface area contributed by atoms with Crippen LogP contribution < -0.4 is 0 Å². The zero-order valence-electron chi connectivity index (χ0n) is 23.9. The summed E-state index contributed by atoms with van der Waals surface area (Å²) in [6.07, 6.45) is 5.68. The van der Waals surface area contributed by atoms with Crippen LogP contribution in [0.4, 0.5) is 0 Å². The summed E-state index contributed by atoms with van der Waals surface area (Å²) < 4.78 is 0. The Bertz CT molecular complexity index is 1510. The number of thioether (sulfide) groups is 3. The SMILES string of the molecule is C=C(/C(=C\C(C)=C1/C(C)C(C)c2c(ccc3c2SC2c4ccccc4SC32)C1(C)CC)SC)c1ccccc1. The summed E-state index contributed by atoms with van der Waals surface area (Å²) >= 11 is 6.02. The molecule has 0 fully saturated rings. The van der Waals surface area contributed by atoms with Gasteiger partial charge in [0, 0.05) is 20.1 Å². The van der Waals surface area contributed by atoms with Gasteiger partial charge in [0.25, 0.3) is 0 Å². The van der Waals surface area contributed by atoms with Gasteiger partial charge in [-0.25, -0.2) is 0 Å². The maximum absolute atomic E-state index is 4.49. The smallest absolute Gasteiger partial charge is 0.0519 e. The molecule has 0 nitrogen and oxygen atoms in total. The fourth-order valence-electron chi connectivity index (χ4n) is 7.22. The van der Waals surface area contributed by atoms with Gasteiger partial charge in [-0.05, 0) is 82.5 Å². The Labute approximate surface area is 247 Å². The van der Waals surface area contributed by atoms with E-state index in [4.69, 9.17) is 0 Å². The monoisotopic (exact) mass is 566 g/mol. The van der Waals surface area contributed by atoms with Crippen molar-refractivity contribution in [2.75, 3.05) is 6.26 Å². The Morgan fingerprint density at radius 1 is 0.923 bits per heavy atom. The van der Waals surface area contributed by atoms with Crippen LogP contribution in [0.2, 0.25) is 0 Å². The molecule has 0 spiro atoms. The molecule has 0 amide bonds. The van der Waals surface area contributed by atoms with Crippen LogP contribution in [0.5, 0.6) is 0 Å². The molecule has 0 N–H and O–H groups in total. The van der Waals surface area contributed by atoms with E-state index in [0.717, 1.165) is 12.0 Å². The van der Waals surface area contributed by atoms with Crippen molar-refractivity contribution in [1.82, 2.24) is 0 Å². The molecule has 0 bridgehead atoms. The van der Waals surface area contributed by atoms with E-state index in [1.165, 1.54) is 26.5 Å². The van der Waals surface area contributed by atoms with E-state index < -0.39 is 0 Å². The lowest BCUT2D eigenvalue weighted by Crippen LogP contribution is -2.37. The summed E-state index contributed by atoms with van der Waals surface area (Å²) in [5.74, 6) is 0.953. The number of fused-ring (bicyclic) bond motifs is 7. The molecule has 0 saturated carbocycles. The van der Waals surface area contributed by atoms with Gasteiger partial charge in [0.2, 0.25) is 0 Å². The van der Waals surface area contributed by atoms with Gasteiger partial charge in [0.05, 0.1) is 10.5 Å². The van der Waals surface area contributed by atoms with Crippen LogP contribution in [0, 0.1) is 5.92 Å². The largest absolute Gasteiger partial charge is 0.129 e. The molecule has 0 aromatic heterocycles. The molecule has 1 aliphatic carbocycles. The van der Waals surface area contributed by atoms with Crippen LogP contribution in [0.25, 0.3) is 5.57 Å². The van der Waals surface area contributed by atoms with E-state index in [2.05, 4.69) is 144 Å². The van der Waals surface area contributed by atoms with Crippen molar-refractivity contribution in [3.63, 3.8) is 0 Å². The first kappa shape index (κ1) is 27.1. The third-order valence-electron chi connectivity index (χ3n) is 9.50. The van der Waals surface area contributed by atoms with Crippen molar-refractivity contribution in [3.8, 4) is 0 Å². The predicted molar refractivity (Wildman–Crippen MR) is 175 cm³/mol. The Kier molecular flexibility index (Phi) is 7.23. The van der Waals surface area contributed by atoms with Crippen molar-refractivity contribution >= 4 is 40.9 Å². The van der Waals surface area contributed by atoms with E-state index in [9.17, 15) is 0 Å². The quantitative estimate of drug-likeness (QED) is 0.282. The predicted octanol–water partition coefficient (Wildman–Crippen LogP) is 11.4. The number of allylic oxidation sites excluding steroid dienone is 4. The third kappa shape index (κ3) is 4.23. The Morgan fingerprint density at radius 3 is 2.33 bits per heavy atom. The van der Waals surface area contributed by atoms with Crippen molar-refractivity contribution in [1.29, 1.82) is 0 Å². The molecule has 2 heterocycles. The number of hydrogen-bond acceptors (Lipinski definition) is 3. The first-order chi connectivity index (χ1) is 18.8. The van der Waals surface area contributed by atoms with E-state index in [1.54, 1.807) is 38.9 Å². The van der Waals surface area contributed by atoms with Crippen LogP contribution in [0.3, 0.4) is 0 Å². The Balaban J connectivity index is 1.45. The zero-order chi connectivity index (χ0) is 27.5. The highest BCUT2D eigenvalue weighted by Crippen LogP contribution is 2.69. The maximum atomic E-state index is 4.49. The first-order valence-corrected chi connectivity index (χ1v) is 17.1. The van der Waals surface area contributed by atoms with E-state index in [0.29, 0.717) is 22.3 Å². The van der Waals surface area contributed by atoms with Gasteiger partial charge >= 0.3 is 0 Å². The summed E-state index contributed by atoms with van der Waals surface area (Å²) in [6.45, 7) is 16.7. The van der Waals surface area contributed by atoms with E-state index >= 15 is 0 Å². The molecule has 39 heavy (non-hydrogen) atoms. The molecular weight excluding hydrogens is 529 g/mol. The molecule has 3 aromatic carbocycles. The normalized spacial score (nSPS) is 28.4. The third-order valence-corrected chi connectivity index (χ3v) is 13.4. The van der Waals surface area contributed by atoms with Crippen molar-refractivity contribution < 1.29 is 0 Å². The van der Waals surface area contributed by atoms with Crippen LogP contribution in [-0.4, -0.2) is 6.26 Å². The fourth-order valence-corrected chi connectivity index (χ4v) is 11.3. The first-order valence-electron chi connectivity index (χ1n) is 14.1.